The molecule has 0 spiro atoms. The Morgan fingerprint density at radius 3 is 2.39 bits per heavy atom. The monoisotopic (exact) mass is 246 g/mol. The number of hydrogen-bond acceptors (Lipinski definition) is 2. The Morgan fingerprint density at radius 2 is 1.83 bits per heavy atom. The second-order valence-corrected chi connectivity index (χ2v) is 5.98. The van der Waals surface area contributed by atoms with Crippen LogP contribution in [-0.4, -0.2) is 31.1 Å². The van der Waals surface area contributed by atoms with E-state index in [-0.39, 0.29) is 5.41 Å². The second kappa shape index (κ2) is 5.85. The highest BCUT2D eigenvalue weighted by molar-refractivity contribution is 5.25. The fourth-order valence-electron chi connectivity index (χ4n) is 3.14. The molecule has 0 aromatic heterocycles. The van der Waals surface area contributed by atoms with Gasteiger partial charge in [0.15, 0.2) is 0 Å². The number of nitrogens with two attached hydrogens (primary N) is 1. The number of likely N-dealkylation sites (N-methyl/N-ethyl adjacent to an activating group) is 1. The summed E-state index contributed by atoms with van der Waals surface area (Å²) in [5.41, 5.74) is 7.49. The molecular formula is C16H26N2. The van der Waals surface area contributed by atoms with Crippen LogP contribution in [0.1, 0.15) is 38.2 Å². The van der Waals surface area contributed by atoms with Crippen LogP contribution in [-0.2, 0) is 5.41 Å². The van der Waals surface area contributed by atoms with E-state index in [4.69, 9.17) is 5.73 Å². The summed E-state index contributed by atoms with van der Waals surface area (Å²) in [4.78, 5) is 2.52. The largest absolute Gasteiger partial charge is 0.330 e. The summed E-state index contributed by atoms with van der Waals surface area (Å²) in [6.07, 6.45) is 5.48. The molecule has 1 aromatic rings. The smallest absolute Gasteiger partial charge is 0.0174 e. The Kier molecular flexibility index (Phi) is 4.41. The molecule has 1 aliphatic carbocycles. The predicted molar refractivity (Wildman–Crippen MR) is 77.7 cm³/mol. The molecule has 2 N–H and O–H groups in total. The number of hydrogen-bond donors (Lipinski definition) is 1. The van der Waals surface area contributed by atoms with Crippen LogP contribution >= 0.6 is 0 Å². The first-order chi connectivity index (χ1) is 8.65. The molecule has 1 atom stereocenters. The van der Waals surface area contributed by atoms with Gasteiger partial charge < -0.3 is 10.6 Å². The molecule has 0 aliphatic heterocycles. The molecule has 1 aromatic carbocycles. The molecule has 2 nitrogen and oxygen atoms in total. The van der Waals surface area contributed by atoms with Crippen molar-refractivity contribution < 1.29 is 0 Å². The molecule has 0 saturated heterocycles. The summed E-state index contributed by atoms with van der Waals surface area (Å²) in [6.45, 7) is 4.04. The number of rotatable bonds is 5. The maximum Gasteiger partial charge on any atom is 0.0174 e. The van der Waals surface area contributed by atoms with Crippen molar-refractivity contribution in [3.05, 3.63) is 35.9 Å². The topological polar surface area (TPSA) is 29.3 Å². The van der Waals surface area contributed by atoms with Crippen molar-refractivity contribution in [2.45, 2.75) is 44.1 Å². The molecular weight excluding hydrogens is 220 g/mol. The molecule has 0 amide bonds. The minimum atomic E-state index is 0.0681. The molecule has 1 unspecified atom stereocenters. The normalized spacial score (nSPS) is 20.2. The zero-order chi connectivity index (χ0) is 13.0. The Labute approximate surface area is 111 Å². The molecule has 0 bridgehead atoms. The van der Waals surface area contributed by atoms with Gasteiger partial charge in [-0.15, -0.1) is 0 Å². The molecule has 0 radical (unpaired) electrons. The average Bonchev–Trinajstić information content (AvgIpc) is 2.93. The molecule has 1 aliphatic rings. The van der Waals surface area contributed by atoms with Gasteiger partial charge in [0.25, 0.3) is 0 Å². The first-order valence-corrected chi connectivity index (χ1v) is 7.11. The van der Waals surface area contributed by atoms with Crippen LogP contribution in [0.2, 0.25) is 0 Å². The van der Waals surface area contributed by atoms with Crippen molar-refractivity contribution in [3.63, 3.8) is 0 Å². The number of nitrogens with zero attached hydrogens (tertiary/aromatic N) is 1. The minimum Gasteiger partial charge on any atom is -0.330 e. The lowest BCUT2D eigenvalue weighted by Gasteiger charge is -2.36. The first kappa shape index (κ1) is 13.6. The van der Waals surface area contributed by atoms with Crippen LogP contribution in [0.4, 0.5) is 0 Å². The third-order valence-corrected chi connectivity index (χ3v) is 4.47. The summed E-state index contributed by atoms with van der Waals surface area (Å²) in [6, 6.07) is 11.5. The van der Waals surface area contributed by atoms with Crippen LogP contribution < -0.4 is 5.73 Å². The van der Waals surface area contributed by atoms with E-state index in [0.29, 0.717) is 6.54 Å². The molecule has 1 fully saturated rings. The summed E-state index contributed by atoms with van der Waals surface area (Å²) >= 11 is 0. The third-order valence-electron chi connectivity index (χ3n) is 4.47. The van der Waals surface area contributed by atoms with Gasteiger partial charge in [-0.25, -0.2) is 0 Å². The SMILES string of the molecule is CN(CC(C)(CN)c1ccccc1)C1CCCC1. The van der Waals surface area contributed by atoms with Crippen molar-refractivity contribution in [2.24, 2.45) is 5.73 Å². The van der Waals surface area contributed by atoms with E-state index in [1.165, 1.54) is 31.2 Å². The van der Waals surface area contributed by atoms with Gasteiger partial charge in [0.1, 0.15) is 0 Å². The van der Waals surface area contributed by atoms with Crippen LogP contribution in [0.5, 0.6) is 0 Å². The average molecular weight is 246 g/mol. The lowest BCUT2D eigenvalue weighted by atomic mass is 9.81. The van der Waals surface area contributed by atoms with E-state index < -0.39 is 0 Å². The van der Waals surface area contributed by atoms with Gasteiger partial charge in [0.2, 0.25) is 0 Å². The summed E-state index contributed by atoms with van der Waals surface area (Å²) in [5.74, 6) is 0. The predicted octanol–water partition coefficient (Wildman–Crippen LogP) is 2.78. The van der Waals surface area contributed by atoms with Crippen LogP contribution in [0.3, 0.4) is 0 Å². The van der Waals surface area contributed by atoms with Crippen LogP contribution in [0, 0.1) is 0 Å². The van der Waals surface area contributed by atoms with Crippen molar-refractivity contribution in [1.82, 2.24) is 4.90 Å². The van der Waals surface area contributed by atoms with Gasteiger partial charge in [0.05, 0.1) is 0 Å². The first-order valence-electron chi connectivity index (χ1n) is 7.11. The Morgan fingerprint density at radius 1 is 1.22 bits per heavy atom. The molecule has 1 saturated carbocycles. The van der Waals surface area contributed by atoms with Gasteiger partial charge >= 0.3 is 0 Å². The minimum absolute atomic E-state index is 0.0681. The van der Waals surface area contributed by atoms with Crippen molar-refractivity contribution in [1.29, 1.82) is 0 Å². The second-order valence-electron chi connectivity index (χ2n) is 5.98. The third kappa shape index (κ3) is 2.93. The number of benzene rings is 1. The van der Waals surface area contributed by atoms with E-state index >= 15 is 0 Å². The lowest BCUT2D eigenvalue weighted by Crippen LogP contribution is -2.45. The summed E-state index contributed by atoms with van der Waals surface area (Å²) in [7, 11) is 2.26. The summed E-state index contributed by atoms with van der Waals surface area (Å²) < 4.78 is 0. The van der Waals surface area contributed by atoms with Crippen molar-refractivity contribution in [3.8, 4) is 0 Å². The highest BCUT2D eigenvalue weighted by atomic mass is 15.1. The molecule has 2 rings (SSSR count). The van der Waals surface area contributed by atoms with E-state index in [9.17, 15) is 0 Å². The van der Waals surface area contributed by atoms with Gasteiger partial charge in [0, 0.05) is 24.5 Å². The highest BCUT2D eigenvalue weighted by Gasteiger charge is 2.30. The highest BCUT2D eigenvalue weighted by Crippen LogP contribution is 2.28. The van der Waals surface area contributed by atoms with E-state index in [0.717, 1.165) is 12.6 Å². The molecule has 18 heavy (non-hydrogen) atoms. The molecule has 2 heteroatoms. The zero-order valence-electron chi connectivity index (χ0n) is 11.7. The Bertz CT molecular complexity index is 357. The fraction of sp³-hybridized carbons (Fsp3) is 0.625. The van der Waals surface area contributed by atoms with Crippen LogP contribution in [0.25, 0.3) is 0 Å². The Hall–Kier alpha value is -0.860. The summed E-state index contributed by atoms with van der Waals surface area (Å²) in [5, 5.41) is 0. The zero-order valence-corrected chi connectivity index (χ0v) is 11.7. The Balaban J connectivity index is 2.08. The van der Waals surface area contributed by atoms with E-state index in [1.807, 2.05) is 0 Å². The van der Waals surface area contributed by atoms with E-state index in [2.05, 4.69) is 49.2 Å². The molecule has 0 heterocycles. The van der Waals surface area contributed by atoms with Crippen LogP contribution in [0.15, 0.2) is 30.3 Å². The van der Waals surface area contributed by atoms with Gasteiger partial charge in [-0.2, -0.15) is 0 Å². The maximum absolute atomic E-state index is 6.06. The van der Waals surface area contributed by atoms with E-state index in [1.54, 1.807) is 0 Å². The van der Waals surface area contributed by atoms with Gasteiger partial charge in [-0.3, -0.25) is 0 Å². The molecule has 100 valence electrons. The van der Waals surface area contributed by atoms with Gasteiger partial charge in [-0.1, -0.05) is 50.1 Å². The van der Waals surface area contributed by atoms with Crippen molar-refractivity contribution >= 4 is 0 Å². The standard InChI is InChI=1S/C16H26N2/c1-16(12-17,14-8-4-3-5-9-14)13-18(2)15-10-6-7-11-15/h3-5,8-9,15H,6-7,10-13,17H2,1-2H3. The maximum atomic E-state index is 6.06. The van der Waals surface area contributed by atoms with Crippen molar-refractivity contribution in [2.75, 3.05) is 20.1 Å². The quantitative estimate of drug-likeness (QED) is 0.865. The lowest BCUT2D eigenvalue weighted by molar-refractivity contribution is 0.197. The van der Waals surface area contributed by atoms with Gasteiger partial charge in [-0.05, 0) is 25.5 Å². The fourth-order valence-corrected chi connectivity index (χ4v) is 3.14.